The van der Waals surface area contributed by atoms with Gasteiger partial charge in [0.15, 0.2) is 0 Å². The van der Waals surface area contributed by atoms with Gasteiger partial charge in [0.05, 0.1) is 12.9 Å². The zero-order valence-corrected chi connectivity index (χ0v) is 24.3. The van der Waals surface area contributed by atoms with Gasteiger partial charge in [-0.3, -0.25) is 9.59 Å². The highest BCUT2D eigenvalue weighted by molar-refractivity contribution is 7.99. The number of carbonyl (C=O) groups is 2. The Labute approximate surface area is 239 Å². The number of hydrogen-bond donors (Lipinski definition) is 1. The van der Waals surface area contributed by atoms with E-state index in [1.807, 2.05) is 74.5 Å². The van der Waals surface area contributed by atoms with Crippen LogP contribution in [0.15, 0.2) is 72.8 Å². The number of carbonyl (C=O) groups excluding carboxylic acids is 2. The first kappa shape index (κ1) is 29.9. The summed E-state index contributed by atoms with van der Waals surface area (Å²) in [6.45, 7) is 4.91. The van der Waals surface area contributed by atoms with E-state index in [1.165, 1.54) is 11.8 Å². The van der Waals surface area contributed by atoms with Gasteiger partial charge >= 0.3 is 0 Å². The normalized spacial score (nSPS) is 11.7. The number of rotatable bonds is 13. The average Bonchev–Trinajstić information content (AvgIpc) is 2.91. The predicted octanol–water partition coefficient (Wildman–Crippen LogP) is 6.65. The lowest BCUT2D eigenvalue weighted by Gasteiger charge is -2.32. The second-order valence-electron chi connectivity index (χ2n) is 9.45. The lowest BCUT2D eigenvalue weighted by atomic mass is 10.0. The minimum Gasteiger partial charge on any atom is -0.497 e. The van der Waals surface area contributed by atoms with Gasteiger partial charge in [0, 0.05) is 35.3 Å². The Kier molecular flexibility index (Phi) is 11.8. The van der Waals surface area contributed by atoms with Gasteiger partial charge in [-0.15, -0.1) is 11.8 Å². The summed E-state index contributed by atoms with van der Waals surface area (Å²) < 4.78 is 5.39. The zero-order chi connectivity index (χ0) is 27.5. The van der Waals surface area contributed by atoms with Gasteiger partial charge in [-0.2, -0.15) is 0 Å². The third kappa shape index (κ3) is 9.26. The molecule has 3 aromatic rings. The van der Waals surface area contributed by atoms with Crippen molar-refractivity contribution in [3.05, 3.63) is 99.5 Å². The number of methoxy groups -OCH3 is 1. The van der Waals surface area contributed by atoms with Crippen LogP contribution in [-0.2, 0) is 28.3 Å². The molecule has 5 nitrogen and oxygen atoms in total. The standard InChI is InChI=1S/C30H34Cl2N2O3S/c1-21(2)17-33-30(36)28(15-22-8-5-4-6-9-22)34(18-23-10-7-11-26(14-23)37-3)29(35)20-38-19-24-12-13-25(31)16-27(24)32/h4-14,16,21,28H,15,17-20H2,1-3H3,(H,33,36)/t28-/m0/s1. The van der Waals surface area contributed by atoms with Crippen LogP contribution in [0.5, 0.6) is 5.75 Å². The maximum absolute atomic E-state index is 13.7. The third-order valence-electron chi connectivity index (χ3n) is 5.94. The molecular weight excluding hydrogens is 539 g/mol. The lowest BCUT2D eigenvalue weighted by Crippen LogP contribution is -2.51. The smallest absolute Gasteiger partial charge is 0.243 e. The summed E-state index contributed by atoms with van der Waals surface area (Å²) in [6.07, 6.45) is 0.411. The summed E-state index contributed by atoms with van der Waals surface area (Å²) in [5, 5.41) is 4.19. The van der Waals surface area contributed by atoms with Crippen molar-refractivity contribution >= 4 is 46.8 Å². The monoisotopic (exact) mass is 572 g/mol. The Morgan fingerprint density at radius 1 is 0.974 bits per heavy atom. The van der Waals surface area contributed by atoms with Crippen molar-refractivity contribution in [3.63, 3.8) is 0 Å². The SMILES string of the molecule is COc1cccc(CN(C(=O)CSCc2ccc(Cl)cc2Cl)[C@@H](Cc2ccccc2)C(=O)NCC(C)C)c1. The number of nitrogens with one attached hydrogen (secondary N) is 1. The first-order valence-electron chi connectivity index (χ1n) is 12.5. The molecule has 0 saturated carbocycles. The summed E-state index contributed by atoms with van der Waals surface area (Å²) in [6, 6.07) is 22.1. The van der Waals surface area contributed by atoms with Gasteiger partial charge in [-0.05, 0) is 46.9 Å². The van der Waals surface area contributed by atoms with E-state index in [0.717, 1.165) is 16.7 Å². The van der Waals surface area contributed by atoms with Crippen LogP contribution < -0.4 is 10.1 Å². The lowest BCUT2D eigenvalue weighted by molar-refractivity contribution is -0.139. The zero-order valence-electron chi connectivity index (χ0n) is 22.0. The molecule has 0 fully saturated rings. The maximum atomic E-state index is 13.7. The van der Waals surface area contributed by atoms with E-state index in [-0.39, 0.29) is 24.1 Å². The van der Waals surface area contributed by atoms with Gasteiger partial charge in [0.2, 0.25) is 11.8 Å². The van der Waals surface area contributed by atoms with Crippen LogP contribution in [0.4, 0.5) is 0 Å². The van der Waals surface area contributed by atoms with Crippen molar-refractivity contribution < 1.29 is 14.3 Å². The summed E-state index contributed by atoms with van der Waals surface area (Å²) in [5.41, 5.74) is 2.78. The molecule has 38 heavy (non-hydrogen) atoms. The van der Waals surface area contributed by atoms with E-state index in [0.29, 0.717) is 40.4 Å². The Morgan fingerprint density at radius 2 is 1.71 bits per heavy atom. The van der Waals surface area contributed by atoms with Gasteiger partial charge in [-0.25, -0.2) is 0 Å². The molecule has 3 rings (SSSR count). The van der Waals surface area contributed by atoms with E-state index < -0.39 is 6.04 Å². The number of halogens is 2. The molecule has 0 aliphatic carbocycles. The van der Waals surface area contributed by atoms with Crippen molar-refractivity contribution in [1.29, 1.82) is 0 Å². The quantitative estimate of drug-likeness (QED) is 0.249. The van der Waals surface area contributed by atoms with Crippen molar-refractivity contribution in [2.24, 2.45) is 5.92 Å². The highest BCUT2D eigenvalue weighted by atomic mass is 35.5. The average molecular weight is 574 g/mol. The highest BCUT2D eigenvalue weighted by Crippen LogP contribution is 2.26. The number of amides is 2. The van der Waals surface area contributed by atoms with Gasteiger partial charge in [-0.1, -0.05) is 85.6 Å². The second-order valence-corrected chi connectivity index (χ2v) is 11.3. The summed E-state index contributed by atoms with van der Waals surface area (Å²) in [5.74, 6) is 1.46. The molecule has 0 saturated heterocycles. The van der Waals surface area contributed by atoms with E-state index in [1.54, 1.807) is 24.1 Å². The molecule has 2 amide bonds. The Hall–Kier alpha value is -2.67. The van der Waals surface area contributed by atoms with Crippen molar-refractivity contribution in [2.75, 3.05) is 19.4 Å². The van der Waals surface area contributed by atoms with Crippen LogP contribution in [-0.4, -0.2) is 42.2 Å². The van der Waals surface area contributed by atoms with E-state index in [9.17, 15) is 9.59 Å². The fourth-order valence-corrected chi connectivity index (χ4v) is 5.38. The van der Waals surface area contributed by atoms with E-state index in [4.69, 9.17) is 27.9 Å². The van der Waals surface area contributed by atoms with Crippen LogP contribution in [0, 0.1) is 5.92 Å². The molecule has 0 aromatic heterocycles. The molecule has 3 aromatic carbocycles. The fourth-order valence-electron chi connectivity index (χ4n) is 3.91. The largest absolute Gasteiger partial charge is 0.497 e. The number of thioether (sulfide) groups is 1. The molecular formula is C30H34Cl2N2O3S. The molecule has 0 aliphatic heterocycles. The third-order valence-corrected chi connectivity index (χ3v) is 7.49. The van der Waals surface area contributed by atoms with Gasteiger partial charge in [0.1, 0.15) is 11.8 Å². The van der Waals surface area contributed by atoms with Gasteiger partial charge < -0.3 is 15.0 Å². The van der Waals surface area contributed by atoms with Crippen molar-refractivity contribution in [3.8, 4) is 5.75 Å². The summed E-state index contributed by atoms with van der Waals surface area (Å²) in [4.78, 5) is 29.0. The first-order chi connectivity index (χ1) is 18.3. The molecule has 1 atom stereocenters. The van der Waals surface area contributed by atoms with Crippen LogP contribution in [0.1, 0.15) is 30.5 Å². The van der Waals surface area contributed by atoms with Crippen LogP contribution >= 0.6 is 35.0 Å². The van der Waals surface area contributed by atoms with Crippen LogP contribution in [0.25, 0.3) is 0 Å². The minimum atomic E-state index is -0.672. The molecule has 1 N–H and O–H groups in total. The second kappa shape index (κ2) is 15.1. The molecule has 0 unspecified atom stereocenters. The summed E-state index contributed by atoms with van der Waals surface area (Å²) in [7, 11) is 1.61. The van der Waals surface area contributed by atoms with E-state index in [2.05, 4.69) is 5.32 Å². The van der Waals surface area contributed by atoms with Gasteiger partial charge in [0.25, 0.3) is 0 Å². The number of ether oxygens (including phenoxy) is 1. The van der Waals surface area contributed by atoms with Crippen molar-refractivity contribution in [1.82, 2.24) is 10.2 Å². The number of benzene rings is 3. The Morgan fingerprint density at radius 3 is 2.39 bits per heavy atom. The summed E-state index contributed by atoms with van der Waals surface area (Å²) >= 11 is 13.8. The number of nitrogens with zero attached hydrogens (tertiary/aromatic N) is 1. The topological polar surface area (TPSA) is 58.6 Å². The predicted molar refractivity (Wildman–Crippen MR) is 158 cm³/mol. The Bertz CT molecular complexity index is 1210. The highest BCUT2D eigenvalue weighted by Gasteiger charge is 2.30. The molecule has 0 aliphatic rings. The molecule has 0 bridgehead atoms. The fraction of sp³-hybridized carbons (Fsp3) is 0.333. The first-order valence-corrected chi connectivity index (χ1v) is 14.4. The van der Waals surface area contributed by atoms with Crippen molar-refractivity contribution in [2.45, 2.75) is 38.6 Å². The van der Waals surface area contributed by atoms with E-state index >= 15 is 0 Å². The molecule has 0 heterocycles. The van der Waals surface area contributed by atoms with Crippen LogP contribution in [0.3, 0.4) is 0 Å². The molecule has 0 spiro atoms. The Balaban J connectivity index is 1.86. The maximum Gasteiger partial charge on any atom is 0.243 e. The van der Waals surface area contributed by atoms with Crippen LogP contribution in [0.2, 0.25) is 10.0 Å². The number of hydrogen-bond acceptors (Lipinski definition) is 4. The molecule has 202 valence electrons. The molecule has 8 heteroatoms. The molecule has 0 radical (unpaired) electrons. The minimum absolute atomic E-state index is 0.122.